The van der Waals surface area contributed by atoms with Crippen LogP contribution in [0, 0.1) is 6.92 Å². The summed E-state index contributed by atoms with van der Waals surface area (Å²) >= 11 is 3.47. The van der Waals surface area contributed by atoms with Gasteiger partial charge in [-0.2, -0.15) is 0 Å². The Morgan fingerprint density at radius 2 is 2.00 bits per heavy atom. The van der Waals surface area contributed by atoms with Crippen LogP contribution in [0.25, 0.3) is 0 Å². The minimum atomic E-state index is -0.455. The zero-order chi connectivity index (χ0) is 16.3. The van der Waals surface area contributed by atoms with E-state index >= 15 is 0 Å². The number of ether oxygens (including phenoxy) is 1. The van der Waals surface area contributed by atoms with E-state index < -0.39 is 5.60 Å². The zero-order valence-electron chi connectivity index (χ0n) is 13.6. The molecule has 0 saturated carbocycles. The number of carbonyl (C=O) groups is 1. The van der Waals surface area contributed by atoms with E-state index in [1.54, 1.807) is 0 Å². The fourth-order valence-electron chi connectivity index (χ4n) is 2.43. The first kappa shape index (κ1) is 17.1. The number of anilines is 1. The number of halogens is 1. The predicted octanol–water partition coefficient (Wildman–Crippen LogP) is 3.65. The molecule has 0 aromatic carbocycles. The maximum atomic E-state index is 11.8. The third kappa shape index (κ3) is 4.87. The number of hydrogen-bond donors (Lipinski definition) is 1. The molecule has 1 amide bonds. The zero-order valence-corrected chi connectivity index (χ0v) is 15.2. The van der Waals surface area contributed by atoms with E-state index in [0.717, 1.165) is 41.9 Å². The molecule has 2 heterocycles. The van der Waals surface area contributed by atoms with Crippen molar-refractivity contribution in [3.8, 4) is 0 Å². The summed E-state index contributed by atoms with van der Waals surface area (Å²) in [5, 5.41) is 2.95. The smallest absolute Gasteiger partial charge is 0.407 e. The molecule has 22 heavy (non-hydrogen) atoms. The third-order valence-corrected chi connectivity index (χ3v) is 4.38. The van der Waals surface area contributed by atoms with Crippen molar-refractivity contribution in [2.24, 2.45) is 0 Å². The maximum absolute atomic E-state index is 11.8. The SMILES string of the molecule is Cc1nc(N2CCC(NC(=O)OC(C)(C)C)CC2)ccc1Br. The molecule has 0 radical (unpaired) electrons. The van der Waals surface area contributed by atoms with Crippen molar-refractivity contribution in [3.63, 3.8) is 0 Å². The van der Waals surface area contributed by atoms with Crippen molar-refractivity contribution in [3.05, 3.63) is 22.3 Å². The van der Waals surface area contributed by atoms with Gasteiger partial charge in [0.25, 0.3) is 0 Å². The van der Waals surface area contributed by atoms with Gasteiger partial charge >= 0.3 is 6.09 Å². The second-order valence-electron chi connectivity index (χ2n) is 6.64. The van der Waals surface area contributed by atoms with Crippen LogP contribution in [0.1, 0.15) is 39.3 Å². The normalized spacial score (nSPS) is 16.5. The van der Waals surface area contributed by atoms with Crippen molar-refractivity contribution in [1.82, 2.24) is 10.3 Å². The first-order valence-electron chi connectivity index (χ1n) is 7.62. The van der Waals surface area contributed by atoms with Crippen LogP contribution < -0.4 is 10.2 Å². The number of aromatic nitrogens is 1. The molecule has 1 N–H and O–H groups in total. The number of aryl methyl sites for hydroxylation is 1. The monoisotopic (exact) mass is 369 g/mol. The second-order valence-corrected chi connectivity index (χ2v) is 7.50. The van der Waals surface area contributed by atoms with Gasteiger partial charge < -0.3 is 15.0 Å². The Morgan fingerprint density at radius 1 is 1.36 bits per heavy atom. The number of hydrogen-bond acceptors (Lipinski definition) is 4. The highest BCUT2D eigenvalue weighted by Gasteiger charge is 2.24. The van der Waals surface area contributed by atoms with Crippen LogP contribution in [-0.4, -0.2) is 35.8 Å². The first-order chi connectivity index (χ1) is 10.2. The Balaban J connectivity index is 1.85. The van der Waals surface area contributed by atoms with Gasteiger partial charge in [-0.15, -0.1) is 0 Å². The minimum Gasteiger partial charge on any atom is -0.444 e. The molecule has 1 aliphatic rings. The van der Waals surface area contributed by atoms with Crippen LogP contribution in [-0.2, 0) is 4.74 Å². The Bertz CT molecular complexity index is 535. The molecule has 0 unspecified atom stereocenters. The predicted molar refractivity (Wildman–Crippen MR) is 91.3 cm³/mol. The highest BCUT2D eigenvalue weighted by molar-refractivity contribution is 9.10. The molecule has 1 aliphatic heterocycles. The second kappa shape index (κ2) is 6.86. The standard InChI is InChI=1S/C16H24BrN3O2/c1-11-13(17)5-6-14(18-11)20-9-7-12(8-10-20)19-15(21)22-16(2,3)4/h5-6,12H,7-10H2,1-4H3,(H,19,21). The highest BCUT2D eigenvalue weighted by atomic mass is 79.9. The number of piperidine rings is 1. The average molecular weight is 370 g/mol. The highest BCUT2D eigenvalue weighted by Crippen LogP contribution is 2.22. The number of rotatable bonds is 2. The topological polar surface area (TPSA) is 54.5 Å². The number of carbonyl (C=O) groups excluding carboxylic acids is 1. The first-order valence-corrected chi connectivity index (χ1v) is 8.41. The van der Waals surface area contributed by atoms with Gasteiger partial charge in [0.05, 0.1) is 5.69 Å². The number of pyridine rings is 1. The molecule has 1 fully saturated rings. The van der Waals surface area contributed by atoms with Crippen LogP contribution in [0.3, 0.4) is 0 Å². The molecule has 0 spiro atoms. The van der Waals surface area contributed by atoms with E-state index in [9.17, 15) is 4.79 Å². The lowest BCUT2D eigenvalue weighted by molar-refractivity contribution is 0.0497. The summed E-state index contributed by atoms with van der Waals surface area (Å²) in [5.41, 5.74) is 0.537. The van der Waals surface area contributed by atoms with E-state index in [0.29, 0.717) is 0 Å². The van der Waals surface area contributed by atoms with E-state index in [2.05, 4.69) is 31.1 Å². The lowest BCUT2D eigenvalue weighted by atomic mass is 10.1. The van der Waals surface area contributed by atoms with Crippen molar-refractivity contribution in [1.29, 1.82) is 0 Å². The summed E-state index contributed by atoms with van der Waals surface area (Å²) in [6.45, 7) is 9.37. The van der Waals surface area contributed by atoms with E-state index in [-0.39, 0.29) is 12.1 Å². The summed E-state index contributed by atoms with van der Waals surface area (Å²) in [6.07, 6.45) is 1.47. The molecule has 1 aromatic heterocycles. The Labute approximate surface area is 140 Å². The maximum Gasteiger partial charge on any atom is 0.407 e. The number of amides is 1. The van der Waals surface area contributed by atoms with Gasteiger partial charge in [-0.1, -0.05) is 0 Å². The number of nitrogens with zero attached hydrogens (tertiary/aromatic N) is 2. The Kier molecular flexibility index (Phi) is 5.32. The third-order valence-electron chi connectivity index (χ3n) is 3.55. The fraction of sp³-hybridized carbons (Fsp3) is 0.625. The molecule has 1 aromatic rings. The summed E-state index contributed by atoms with van der Waals surface area (Å²) in [6, 6.07) is 4.23. The fourth-order valence-corrected chi connectivity index (χ4v) is 2.65. The molecule has 6 heteroatoms. The van der Waals surface area contributed by atoms with E-state index in [1.165, 1.54) is 0 Å². The van der Waals surface area contributed by atoms with Gasteiger partial charge in [0, 0.05) is 23.6 Å². The lowest BCUT2D eigenvalue weighted by Crippen LogP contribution is -2.46. The molecular formula is C16H24BrN3O2. The lowest BCUT2D eigenvalue weighted by Gasteiger charge is -2.33. The quantitative estimate of drug-likeness (QED) is 0.864. The molecule has 2 rings (SSSR count). The van der Waals surface area contributed by atoms with E-state index in [1.807, 2.05) is 39.8 Å². The summed E-state index contributed by atoms with van der Waals surface area (Å²) < 4.78 is 6.33. The molecule has 0 bridgehead atoms. The number of alkyl carbamates (subject to hydrolysis) is 1. The van der Waals surface area contributed by atoms with Crippen molar-refractivity contribution < 1.29 is 9.53 Å². The Morgan fingerprint density at radius 3 is 2.55 bits per heavy atom. The van der Waals surface area contributed by atoms with Crippen LogP contribution in [0.15, 0.2) is 16.6 Å². The average Bonchev–Trinajstić information content (AvgIpc) is 2.40. The number of nitrogens with one attached hydrogen (secondary N) is 1. The Hall–Kier alpha value is -1.30. The molecule has 0 atom stereocenters. The van der Waals surface area contributed by atoms with Gasteiger partial charge in [0.15, 0.2) is 0 Å². The largest absolute Gasteiger partial charge is 0.444 e. The van der Waals surface area contributed by atoms with Gasteiger partial charge in [-0.25, -0.2) is 9.78 Å². The van der Waals surface area contributed by atoms with Crippen molar-refractivity contribution >= 4 is 27.8 Å². The molecule has 1 saturated heterocycles. The van der Waals surface area contributed by atoms with E-state index in [4.69, 9.17) is 4.74 Å². The van der Waals surface area contributed by atoms with Crippen molar-refractivity contribution in [2.75, 3.05) is 18.0 Å². The van der Waals surface area contributed by atoms with Gasteiger partial charge in [0.1, 0.15) is 11.4 Å². The van der Waals surface area contributed by atoms with Gasteiger partial charge in [0.2, 0.25) is 0 Å². The van der Waals surface area contributed by atoms with Crippen LogP contribution in [0.2, 0.25) is 0 Å². The van der Waals surface area contributed by atoms with Gasteiger partial charge in [-0.05, 0) is 68.6 Å². The van der Waals surface area contributed by atoms with Crippen molar-refractivity contribution in [2.45, 2.75) is 52.2 Å². The van der Waals surface area contributed by atoms with Crippen LogP contribution in [0.5, 0.6) is 0 Å². The molecular weight excluding hydrogens is 346 g/mol. The van der Waals surface area contributed by atoms with Crippen LogP contribution in [0.4, 0.5) is 10.6 Å². The molecule has 0 aliphatic carbocycles. The summed E-state index contributed by atoms with van der Waals surface area (Å²) in [5.74, 6) is 0.997. The molecule has 122 valence electrons. The minimum absolute atomic E-state index is 0.169. The van der Waals surface area contributed by atoms with Gasteiger partial charge in [-0.3, -0.25) is 0 Å². The van der Waals surface area contributed by atoms with Crippen LogP contribution >= 0.6 is 15.9 Å². The summed E-state index contributed by atoms with van der Waals surface area (Å²) in [7, 11) is 0. The summed E-state index contributed by atoms with van der Waals surface area (Å²) in [4.78, 5) is 18.7. The molecule has 5 nitrogen and oxygen atoms in total.